The Morgan fingerprint density at radius 2 is 2.05 bits per heavy atom. The first-order valence-electron chi connectivity index (χ1n) is 7.16. The van der Waals surface area contributed by atoms with Crippen molar-refractivity contribution in [2.24, 2.45) is 5.92 Å². The molecule has 1 rings (SSSR count). The lowest BCUT2D eigenvalue weighted by Crippen LogP contribution is -2.35. The van der Waals surface area contributed by atoms with Gasteiger partial charge in [-0.2, -0.15) is 4.31 Å². The molecule has 6 heteroatoms. The summed E-state index contributed by atoms with van der Waals surface area (Å²) < 4.78 is 27.0. The van der Waals surface area contributed by atoms with Crippen LogP contribution in [-0.4, -0.2) is 37.3 Å². The van der Waals surface area contributed by atoms with Crippen molar-refractivity contribution in [3.8, 4) is 0 Å². The molecular formula is C14H25N3O2S. The number of anilines is 1. The van der Waals surface area contributed by atoms with E-state index in [4.69, 9.17) is 0 Å². The van der Waals surface area contributed by atoms with E-state index in [9.17, 15) is 8.42 Å². The van der Waals surface area contributed by atoms with Crippen LogP contribution in [0.2, 0.25) is 0 Å². The molecule has 1 N–H and O–H groups in total. The average molecular weight is 299 g/mol. The van der Waals surface area contributed by atoms with Crippen molar-refractivity contribution in [1.29, 1.82) is 0 Å². The summed E-state index contributed by atoms with van der Waals surface area (Å²) in [6, 6.07) is 3.27. The first-order valence-corrected chi connectivity index (χ1v) is 8.60. The van der Waals surface area contributed by atoms with E-state index in [-0.39, 0.29) is 4.90 Å². The van der Waals surface area contributed by atoms with Gasteiger partial charge in [0.25, 0.3) is 0 Å². The maximum absolute atomic E-state index is 12.8. The Labute approximate surface area is 122 Å². The van der Waals surface area contributed by atoms with Gasteiger partial charge in [0, 0.05) is 25.8 Å². The zero-order valence-corrected chi connectivity index (χ0v) is 13.6. The predicted octanol–water partition coefficient (Wildman–Crippen LogP) is 2.57. The fourth-order valence-corrected chi connectivity index (χ4v) is 3.60. The molecule has 0 aliphatic heterocycles. The van der Waals surface area contributed by atoms with Crippen LogP contribution in [0.4, 0.5) is 5.82 Å². The van der Waals surface area contributed by atoms with Gasteiger partial charge in [-0.15, -0.1) is 0 Å². The summed E-state index contributed by atoms with van der Waals surface area (Å²) in [4.78, 5) is 4.39. The van der Waals surface area contributed by atoms with Crippen molar-refractivity contribution in [3.05, 3.63) is 18.3 Å². The van der Waals surface area contributed by atoms with Gasteiger partial charge in [-0.1, -0.05) is 27.2 Å². The van der Waals surface area contributed by atoms with Gasteiger partial charge >= 0.3 is 0 Å². The molecule has 0 saturated heterocycles. The van der Waals surface area contributed by atoms with Gasteiger partial charge in [-0.25, -0.2) is 13.4 Å². The van der Waals surface area contributed by atoms with Crippen LogP contribution in [0, 0.1) is 5.92 Å². The van der Waals surface area contributed by atoms with Crippen molar-refractivity contribution in [2.75, 3.05) is 25.0 Å². The summed E-state index contributed by atoms with van der Waals surface area (Å²) in [6.07, 6.45) is 2.56. The number of nitrogens with zero attached hydrogens (tertiary/aromatic N) is 2. The van der Waals surface area contributed by atoms with Crippen LogP contribution >= 0.6 is 0 Å². The molecule has 0 amide bonds. The molecule has 0 aliphatic rings. The Balaban J connectivity index is 3.13. The van der Waals surface area contributed by atoms with Crippen LogP contribution in [0.3, 0.4) is 0 Å². The topological polar surface area (TPSA) is 62.3 Å². The van der Waals surface area contributed by atoms with E-state index in [1.165, 1.54) is 4.31 Å². The maximum Gasteiger partial charge on any atom is 0.246 e. The molecule has 5 nitrogen and oxygen atoms in total. The van der Waals surface area contributed by atoms with Gasteiger partial charge in [-0.3, -0.25) is 0 Å². The highest BCUT2D eigenvalue weighted by Crippen LogP contribution is 2.23. The summed E-state index contributed by atoms with van der Waals surface area (Å²) in [5.41, 5.74) is 0. The van der Waals surface area contributed by atoms with Gasteiger partial charge in [0.15, 0.2) is 0 Å². The van der Waals surface area contributed by atoms with Crippen molar-refractivity contribution in [1.82, 2.24) is 9.29 Å². The van der Waals surface area contributed by atoms with Crippen molar-refractivity contribution in [2.45, 2.75) is 39.0 Å². The summed E-state index contributed by atoms with van der Waals surface area (Å²) >= 11 is 0. The first kappa shape index (κ1) is 16.9. The molecule has 20 heavy (non-hydrogen) atoms. The minimum absolute atomic E-state index is 0.256. The van der Waals surface area contributed by atoms with Crippen molar-refractivity contribution < 1.29 is 8.42 Å². The number of aromatic nitrogens is 1. The van der Waals surface area contributed by atoms with E-state index in [0.29, 0.717) is 31.4 Å². The number of pyridine rings is 1. The Kier molecular flexibility index (Phi) is 6.42. The molecule has 0 saturated carbocycles. The van der Waals surface area contributed by atoms with Gasteiger partial charge in [0.05, 0.1) is 0 Å². The molecule has 1 heterocycles. The normalized spacial score (nSPS) is 13.4. The summed E-state index contributed by atoms with van der Waals surface area (Å²) in [7, 11) is -3.50. The minimum Gasteiger partial charge on any atom is -0.369 e. The van der Waals surface area contributed by atoms with E-state index < -0.39 is 10.0 Å². The van der Waals surface area contributed by atoms with Crippen LogP contribution in [0.15, 0.2) is 23.2 Å². The van der Waals surface area contributed by atoms with Crippen LogP contribution in [0.1, 0.15) is 34.1 Å². The number of hydrogen-bond acceptors (Lipinski definition) is 4. The lowest BCUT2D eigenvalue weighted by Gasteiger charge is -2.24. The molecule has 0 aromatic carbocycles. The molecular weight excluding hydrogens is 274 g/mol. The van der Waals surface area contributed by atoms with Gasteiger partial charge < -0.3 is 5.32 Å². The van der Waals surface area contributed by atoms with Crippen LogP contribution in [-0.2, 0) is 10.0 Å². The zero-order chi connectivity index (χ0) is 15.2. The molecule has 1 unspecified atom stereocenters. The SMILES string of the molecule is CCNc1ncccc1S(=O)(=O)N(CC)CC(C)CC. The molecule has 0 aliphatic carbocycles. The number of hydrogen-bond donors (Lipinski definition) is 1. The molecule has 1 aromatic rings. The summed E-state index contributed by atoms with van der Waals surface area (Å²) in [5.74, 6) is 0.765. The third-order valence-corrected chi connectivity index (χ3v) is 5.27. The van der Waals surface area contributed by atoms with Crippen molar-refractivity contribution >= 4 is 15.8 Å². The Bertz CT molecular complexity index is 517. The van der Waals surface area contributed by atoms with E-state index in [0.717, 1.165) is 6.42 Å². The zero-order valence-electron chi connectivity index (χ0n) is 12.8. The minimum atomic E-state index is -3.50. The van der Waals surface area contributed by atoms with Gasteiger partial charge in [-0.05, 0) is 25.0 Å². The second-order valence-electron chi connectivity index (χ2n) is 4.85. The quantitative estimate of drug-likeness (QED) is 0.801. The van der Waals surface area contributed by atoms with Crippen molar-refractivity contribution in [3.63, 3.8) is 0 Å². The van der Waals surface area contributed by atoms with Crippen LogP contribution in [0.25, 0.3) is 0 Å². The molecule has 0 radical (unpaired) electrons. The predicted molar refractivity (Wildman–Crippen MR) is 82.3 cm³/mol. The standard InChI is InChI=1S/C14H25N3O2S/c1-5-12(4)11-17(7-3)20(18,19)13-9-8-10-16-14(13)15-6-2/h8-10,12H,5-7,11H2,1-4H3,(H,15,16). The van der Waals surface area contributed by atoms with Crippen LogP contribution in [0.5, 0.6) is 0 Å². The Morgan fingerprint density at radius 3 is 2.60 bits per heavy atom. The molecule has 114 valence electrons. The summed E-state index contributed by atoms with van der Waals surface area (Å²) in [6.45, 7) is 9.55. The number of sulfonamides is 1. The Hall–Kier alpha value is -1.14. The molecule has 0 bridgehead atoms. The summed E-state index contributed by atoms with van der Waals surface area (Å²) in [5, 5.41) is 3.01. The second-order valence-corrected chi connectivity index (χ2v) is 6.76. The maximum atomic E-state index is 12.8. The lowest BCUT2D eigenvalue weighted by molar-refractivity contribution is 0.361. The Morgan fingerprint density at radius 1 is 1.35 bits per heavy atom. The third kappa shape index (κ3) is 3.93. The van der Waals surface area contributed by atoms with Gasteiger partial charge in [0.1, 0.15) is 10.7 Å². The monoisotopic (exact) mass is 299 g/mol. The van der Waals surface area contributed by atoms with E-state index in [2.05, 4.69) is 24.1 Å². The molecule has 1 aromatic heterocycles. The molecule has 0 spiro atoms. The first-order chi connectivity index (χ1) is 9.47. The number of nitrogens with one attached hydrogen (secondary N) is 1. The van der Waals surface area contributed by atoms with E-state index in [1.807, 2.05) is 13.8 Å². The fourth-order valence-electron chi connectivity index (χ4n) is 1.91. The second kappa shape index (κ2) is 7.59. The lowest BCUT2D eigenvalue weighted by atomic mass is 10.1. The number of rotatable bonds is 8. The van der Waals surface area contributed by atoms with Crippen LogP contribution < -0.4 is 5.32 Å². The largest absolute Gasteiger partial charge is 0.369 e. The third-order valence-electron chi connectivity index (χ3n) is 3.30. The average Bonchev–Trinajstić information content (AvgIpc) is 2.45. The van der Waals surface area contributed by atoms with E-state index in [1.54, 1.807) is 18.3 Å². The van der Waals surface area contributed by atoms with Gasteiger partial charge in [0.2, 0.25) is 10.0 Å². The smallest absolute Gasteiger partial charge is 0.246 e. The highest BCUT2D eigenvalue weighted by atomic mass is 32.2. The molecule has 0 fully saturated rings. The highest BCUT2D eigenvalue weighted by molar-refractivity contribution is 7.89. The highest BCUT2D eigenvalue weighted by Gasteiger charge is 2.27. The fraction of sp³-hybridized carbons (Fsp3) is 0.643. The van der Waals surface area contributed by atoms with E-state index >= 15 is 0 Å². The molecule has 1 atom stereocenters.